The van der Waals surface area contributed by atoms with Gasteiger partial charge in [-0.05, 0) is 37.3 Å². The summed E-state index contributed by atoms with van der Waals surface area (Å²) in [5, 5.41) is 4.61. The Balaban J connectivity index is 1.38. The van der Waals surface area contributed by atoms with Crippen LogP contribution in [0.4, 0.5) is 20.7 Å². The highest BCUT2D eigenvalue weighted by atomic mass is 19.1. The van der Waals surface area contributed by atoms with E-state index in [0.29, 0.717) is 37.7 Å². The number of piperidine rings is 1. The van der Waals surface area contributed by atoms with Crippen LogP contribution in [0, 0.1) is 12.7 Å². The van der Waals surface area contributed by atoms with Gasteiger partial charge < -0.3 is 9.80 Å². The van der Waals surface area contributed by atoms with E-state index in [1.807, 2.05) is 31.1 Å². The lowest BCUT2D eigenvalue weighted by atomic mass is 10.00. The molecule has 0 atom stereocenters. The van der Waals surface area contributed by atoms with Crippen LogP contribution in [-0.2, 0) is 20.1 Å². The van der Waals surface area contributed by atoms with E-state index in [2.05, 4.69) is 33.8 Å². The quantitative estimate of drug-likeness (QED) is 0.545. The Hall–Kier alpha value is -3.49. The summed E-state index contributed by atoms with van der Waals surface area (Å²) >= 11 is 0. The zero-order chi connectivity index (χ0) is 24.7. The molecule has 1 fully saturated rings. The highest BCUT2D eigenvalue weighted by Crippen LogP contribution is 2.34. The molecule has 8 nitrogen and oxygen atoms in total. The largest absolute Gasteiger partial charge is 0.369 e. The molecule has 0 saturated carbocycles. The lowest BCUT2D eigenvalue weighted by Crippen LogP contribution is -2.54. The van der Waals surface area contributed by atoms with Gasteiger partial charge in [0.05, 0.1) is 24.5 Å². The van der Waals surface area contributed by atoms with Crippen molar-refractivity contribution in [3.05, 3.63) is 65.1 Å². The molecule has 0 bridgehead atoms. The summed E-state index contributed by atoms with van der Waals surface area (Å²) < 4.78 is 16.3. The van der Waals surface area contributed by atoms with E-state index >= 15 is 0 Å². The highest BCUT2D eigenvalue weighted by molar-refractivity contribution is 5.93. The average Bonchev–Trinajstić information content (AvgIpc) is 3.21. The van der Waals surface area contributed by atoms with E-state index in [0.717, 1.165) is 35.2 Å². The average molecular weight is 478 g/mol. The number of fused-ring (bicyclic) bond motifs is 1. The number of amides is 2. The lowest BCUT2D eigenvalue weighted by molar-refractivity contribution is 0.159. The van der Waals surface area contributed by atoms with Crippen LogP contribution in [0.1, 0.15) is 55.0 Å². The fourth-order valence-electron chi connectivity index (χ4n) is 5.39. The molecule has 2 amide bonds. The Morgan fingerprint density at radius 3 is 2.69 bits per heavy atom. The SMILES string of the molecule is Cc1cccc(F)c1N1CCC(N2Cc3cn(C)nc3N(Cc3cncnc3C(C)C)C2=O)CC1. The van der Waals surface area contributed by atoms with Gasteiger partial charge in [-0.1, -0.05) is 26.0 Å². The van der Waals surface area contributed by atoms with Gasteiger partial charge >= 0.3 is 6.03 Å². The third-order valence-corrected chi connectivity index (χ3v) is 7.06. The number of para-hydroxylation sites is 1. The number of aryl methyl sites for hydroxylation is 2. The summed E-state index contributed by atoms with van der Waals surface area (Å²) in [6, 6.07) is 5.24. The normalized spacial score (nSPS) is 16.9. The molecule has 2 aliphatic rings. The Morgan fingerprint density at radius 2 is 1.97 bits per heavy atom. The van der Waals surface area contributed by atoms with Gasteiger partial charge in [0.25, 0.3) is 0 Å². The zero-order valence-corrected chi connectivity index (χ0v) is 20.8. The first-order chi connectivity index (χ1) is 16.8. The standard InChI is InChI=1S/C26H32FN7O/c1-17(2)23-19(12-28-16-29-23)14-34-25-20(13-31(4)30-25)15-33(26(34)35)21-8-10-32(11-9-21)24-18(3)6-5-7-22(24)27/h5-7,12-13,16-17,21H,8-11,14-15H2,1-4H3. The van der Waals surface area contributed by atoms with Gasteiger partial charge in [-0.15, -0.1) is 0 Å². The molecule has 2 aliphatic heterocycles. The third-order valence-electron chi connectivity index (χ3n) is 7.06. The smallest absolute Gasteiger partial charge is 0.326 e. The second kappa shape index (κ2) is 9.28. The molecular weight excluding hydrogens is 445 g/mol. The Kier molecular flexibility index (Phi) is 6.17. The van der Waals surface area contributed by atoms with Crippen molar-refractivity contribution in [2.24, 2.45) is 7.05 Å². The van der Waals surface area contributed by atoms with Crippen molar-refractivity contribution in [2.45, 2.75) is 58.7 Å². The second-order valence-corrected chi connectivity index (χ2v) is 9.86. The van der Waals surface area contributed by atoms with Crippen LogP contribution in [0.15, 0.2) is 36.9 Å². The number of hydrogen-bond acceptors (Lipinski definition) is 5. The van der Waals surface area contributed by atoms with E-state index in [1.54, 1.807) is 28.2 Å². The number of halogens is 1. The first kappa shape index (κ1) is 23.3. The summed E-state index contributed by atoms with van der Waals surface area (Å²) in [5.41, 5.74) is 4.52. The molecule has 0 spiro atoms. The van der Waals surface area contributed by atoms with Crippen LogP contribution in [0.5, 0.6) is 0 Å². The van der Waals surface area contributed by atoms with Gasteiger partial charge in [0, 0.05) is 49.7 Å². The number of anilines is 2. The van der Waals surface area contributed by atoms with Gasteiger partial charge in [0.15, 0.2) is 5.82 Å². The molecular formula is C26H32FN7O. The van der Waals surface area contributed by atoms with Crippen molar-refractivity contribution in [2.75, 3.05) is 22.9 Å². The number of carbonyl (C=O) groups excluding carboxylic acids is 1. The molecule has 0 aliphatic carbocycles. The maximum absolute atomic E-state index is 14.5. The molecule has 9 heteroatoms. The third kappa shape index (κ3) is 4.35. The zero-order valence-electron chi connectivity index (χ0n) is 20.8. The molecule has 2 aromatic heterocycles. The van der Waals surface area contributed by atoms with Gasteiger partial charge in [-0.2, -0.15) is 5.10 Å². The summed E-state index contributed by atoms with van der Waals surface area (Å²) in [5.74, 6) is 0.736. The molecule has 35 heavy (non-hydrogen) atoms. The van der Waals surface area contributed by atoms with Crippen LogP contribution < -0.4 is 9.80 Å². The first-order valence-corrected chi connectivity index (χ1v) is 12.2. The number of benzene rings is 1. The number of aromatic nitrogens is 4. The van der Waals surface area contributed by atoms with Crippen LogP contribution in [-0.4, -0.2) is 49.8 Å². The minimum Gasteiger partial charge on any atom is -0.369 e. The maximum atomic E-state index is 14.5. The van der Waals surface area contributed by atoms with E-state index in [-0.39, 0.29) is 23.8 Å². The van der Waals surface area contributed by atoms with Crippen molar-refractivity contribution < 1.29 is 9.18 Å². The Morgan fingerprint density at radius 1 is 1.20 bits per heavy atom. The van der Waals surface area contributed by atoms with Gasteiger partial charge in [0.2, 0.25) is 0 Å². The number of hydrogen-bond donors (Lipinski definition) is 0. The summed E-state index contributed by atoms with van der Waals surface area (Å²) in [6.07, 6.45) is 6.92. The Labute approximate surface area is 205 Å². The molecule has 184 valence electrons. The monoisotopic (exact) mass is 477 g/mol. The van der Waals surface area contributed by atoms with E-state index in [9.17, 15) is 9.18 Å². The fraction of sp³-hybridized carbons (Fsp3) is 0.462. The van der Waals surface area contributed by atoms with Crippen LogP contribution in [0.2, 0.25) is 0 Å². The number of urea groups is 1. The summed E-state index contributed by atoms with van der Waals surface area (Å²) in [6.45, 7) is 8.45. The van der Waals surface area contributed by atoms with Crippen molar-refractivity contribution in [3.8, 4) is 0 Å². The molecule has 1 aromatic carbocycles. The summed E-state index contributed by atoms with van der Waals surface area (Å²) in [4.78, 5) is 28.3. The van der Waals surface area contributed by atoms with E-state index in [4.69, 9.17) is 0 Å². The van der Waals surface area contributed by atoms with Crippen LogP contribution >= 0.6 is 0 Å². The minimum absolute atomic E-state index is 0.0460. The van der Waals surface area contributed by atoms with Crippen LogP contribution in [0.25, 0.3) is 0 Å². The lowest BCUT2D eigenvalue weighted by Gasteiger charge is -2.43. The van der Waals surface area contributed by atoms with Crippen molar-refractivity contribution in [1.29, 1.82) is 0 Å². The first-order valence-electron chi connectivity index (χ1n) is 12.2. The number of rotatable bonds is 5. The molecule has 4 heterocycles. The molecule has 5 rings (SSSR count). The maximum Gasteiger partial charge on any atom is 0.326 e. The molecule has 0 N–H and O–H groups in total. The van der Waals surface area contributed by atoms with Crippen molar-refractivity contribution in [3.63, 3.8) is 0 Å². The van der Waals surface area contributed by atoms with Gasteiger partial charge in [-0.25, -0.2) is 19.2 Å². The molecule has 0 unspecified atom stereocenters. The number of carbonyl (C=O) groups is 1. The number of nitrogens with zero attached hydrogens (tertiary/aromatic N) is 7. The topological polar surface area (TPSA) is 70.4 Å². The molecule has 1 saturated heterocycles. The molecule has 3 aromatic rings. The predicted octanol–water partition coefficient (Wildman–Crippen LogP) is 4.39. The van der Waals surface area contributed by atoms with Crippen molar-refractivity contribution in [1.82, 2.24) is 24.6 Å². The predicted molar refractivity (Wildman–Crippen MR) is 133 cm³/mol. The second-order valence-electron chi connectivity index (χ2n) is 9.86. The highest BCUT2D eigenvalue weighted by Gasteiger charge is 2.38. The fourth-order valence-corrected chi connectivity index (χ4v) is 5.39. The summed E-state index contributed by atoms with van der Waals surface area (Å²) in [7, 11) is 1.88. The van der Waals surface area contributed by atoms with Crippen LogP contribution in [0.3, 0.4) is 0 Å². The minimum atomic E-state index is -0.185. The van der Waals surface area contributed by atoms with E-state index in [1.165, 1.54) is 6.07 Å². The van der Waals surface area contributed by atoms with E-state index < -0.39 is 0 Å². The Bertz CT molecular complexity index is 1210. The molecule has 0 radical (unpaired) electrons. The van der Waals surface area contributed by atoms with Crippen molar-refractivity contribution >= 4 is 17.5 Å². The van der Waals surface area contributed by atoms with Gasteiger partial charge in [-0.3, -0.25) is 9.58 Å². The van der Waals surface area contributed by atoms with Gasteiger partial charge in [0.1, 0.15) is 12.1 Å².